The fourth-order valence-corrected chi connectivity index (χ4v) is 2.11. The number of esters is 1. The van der Waals surface area contributed by atoms with Crippen molar-refractivity contribution in [2.24, 2.45) is 0 Å². The molecule has 0 aliphatic heterocycles. The molecule has 1 aromatic carbocycles. The molecule has 2 aromatic rings. The summed E-state index contributed by atoms with van der Waals surface area (Å²) in [4.78, 5) is 15.5. The quantitative estimate of drug-likeness (QED) is 0.431. The van der Waals surface area contributed by atoms with Gasteiger partial charge in [0.1, 0.15) is 24.1 Å². The van der Waals surface area contributed by atoms with E-state index in [0.29, 0.717) is 5.75 Å². The lowest BCUT2D eigenvalue weighted by atomic mass is 10.3. The van der Waals surface area contributed by atoms with Gasteiger partial charge in [0.15, 0.2) is 0 Å². The zero-order valence-electron chi connectivity index (χ0n) is 10.7. The summed E-state index contributed by atoms with van der Waals surface area (Å²) < 4.78 is 11.4. The maximum absolute atomic E-state index is 11.7. The second kappa shape index (κ2) is 7.64. The lowest BCUT2D eigenvalue weighted by molar-refractivity contribution is 0.0450. The molecule has 0 radical (unpaired) electrons. The van der Waals surface area contributed by atoms with Gasteiger partial charge in [0.2, 0.25) is 0 Å². The smallest absolute Gasteiger partial charge is 0.339 e. The van der Waals surface area contributed by atoms with Gasteiger partial charge in [-0.15, -0.1) is 0 Å². The summed E-state index contributed by atoms with van der Waals surface area (Å²) in [5.74, 6) is 0.163. The van der Waals surface area contributed by atoms with Gasteiger partial charge in [-0.05, 0) is 24.3 Å². The average Bonchev–Trinajstić information content (AvgIpc) is 2.46. The Labute approximate surface area is 140 Å². The Morgan fingerprint density at radius 2 is 2.05 bits per heavy atom. The minimum atomic E-state index is -0.529. The van der Waals surface area contributed by atoms with Crippen molar-refractivity contribution in [1.29, 1.82) is 0 Å². The molecule has 0 saturated heterocycles. The summed E-state index contributed by atoms with van der Waals surface area (Å²) in [7, 11) is 0. The van der Waals surface area contributed by atoms with E-state index in [1.165, 1.54) is 12.3 Å². The molecular formula is C14H10BrCl2NO3. The molecule has 7 heteroatoms. The Hall–Kier alpha value is -1.30. The molecule has 0 aliphatic rings. The first-order chi connectivity index (χ1) is 10.1. The van der Waals surface area contributed by atoms with E-state index in [4.69, 9.17) is 32.7 Å². The number of halogens is 3. The summed E-state index contributed by atoms with van der Waals surface area (Å²) in [5.41, 5.74) is 0.242. The predicted molar refractivity (Wildman–Crippen MR) is 84.2 cm³/mol. The number of carbonyl (C=O) groups excluding carboxylic acids is 1. The second-order valence-corrected chi connectivity index (χ2v) is 5.62. The molecule has 1 aromatic heterocycles. The molecule has 0 amide bonds. The zero-order valence-corrected chi connectivity index (χ0v) is 13.8. The van der Waals surface area contributed by atoms with Gasteiger partial charge in [0.25, 0.3) is 0 Å². The Kier molecular flexibility index (Phi) is 5.85. The SMILES string of the molecule is O=C(OCCOc1cccc(Br)c1)c1cnc(Cl)c(Cl)c1. The van der Waals surface area contributed by atoms with Crippen LogP contribution in [0, 0.1) is 0 Å². The van der Waals surface area contributed by atoms with Gasteiger partial charge < -0.3 is 9.47 Å². The first kappa shape index (κ1) is 16.1. The highest BCUT2D eigenvalue weighted by molar-refractivity contribution is 9.10. The normalized spacial score (nSPS) is 10.2. The van der Waals surface area contributed by atoms with E-state index in [9.17, 15) is 4.79 Å². The number of hydrogen-bond acceptors (Lipinski definition) is 4. The second-order valence-electron chi connectivity index (χ2n) is 3.94. The van der Waals surface area contributed by atoms with Crippen molar-refractivity contribution in [2.75, 3.05) is 13.2 Å². The van der Waals surface area contributed by atoms with Crippen molar-refractivity contribution in [3.8, 4) is 5.75 Å². The Morgan fingerprint density at radius 3 is 2.76 bits per heavy atom. The van der Waals surface area contributed by atoms with E-state index in [2.05, 4.69) is 20.9 Å². The third-order valence-corrected chi connectivity index (χ3v) is 3.59. The number of benzene rings is 1. The molecule has 0 aliphatic carbocycles. The lowest BCUT2D eigenvalue weighted by Crippen LogP contribution is -2.12. The number of hydrogen-bond donors (Lipinski definition) is 0. The van der Waals surface area contributed by atoms with Crippen LogP contribution in [-0.2, 0) is 4.74 Å². The van der Waals surface area contributed by atoms with Gasteiger partial charge in [0.05, 0.1) is 10.6 Å². The molecule has 0 unspecified atom stereocenters. The monoisotopic (exact) mass is 389 g/mol. The van der Waals surface area contributed by atoms with E-state index >= 15 is 0 Å². The molecule has 4 nitrogen and oxygen atoms in total. The van der Waals surface area contributed by atoms with E-state index < -0.39 is 5.97 Å². The Morgan fingerprint density at radius 1 is 1.24 bits per heavy atom. The lowest BCUT2D eigenvalue weighted by Gasteiger charge is -2.08. The Balaban J connectivity index is 1.80. The summed E-state index contributed by atoms with van der Waals surface area (Å²) in [6, 6.07) is 8.80. The van der Waals surface area contributed by atoms with Gasteiger partial charge in [-0.25, -0.2) is 9.78 Å². The van der Waals surface area contributed by atoms with Crippen LogP contribution < -0.4 is 4.74 Å². The van der Waals surface area contributed by atoms with Crippen LogP contribution in [0.4, 0.5) is 0 Å². The van der Waals surface area contributed by atoms with Crippen LogP contribution in [0.25, 0.3) is 0 Å². The van der Waals surface area contributed by atoms with Crippen LogP contribution in [0.1, 0.15) is 10.4 Å². The first-order valence-corrected chi connectivity index (χ1v) is 7.47. The highest BCUT2D eigenvalue weighted by Gasteiger charge is 2.10. The van der Waals surface area contributed by atoms with E-state index in [0.717, 1.165) is 4.47 Å². The standard InChI is InChI=1S/C14H10BrCl2NO3/c15-10-2-1-3-11(7-10)20-4-5-21-14(19)9-6-12(16)13(17)18-8-9/h1-3,6-8H,4-5H2. The van der Waals surface area contributed by atoms with Gasteiger partial charge in [-0.1, -0.05) is 45.2 Å². The number of rotatable bonds is 5. The summed E-state index contributed by atoms with van der Waals surface area (Å²) in [5, 5.41) is 0.350. The topological polar surface area (TPSA) is 48.4 Å². The molecule has 1 heterocycles. The minimum absolute atomic E-state index is 0.117. The van der Waals surface area contributed by atoms with Crippen molar-refractivity contribution < 1.29 is 14.3 Å². The number of ether oxygens (including phenoxy) is 2. The van der Waals surface area contributed by atoms with Gasteiger partial charge >= 0.3 is 5.97 Å². The maximum Gasteiger partial charge on any atom is 0.339 e. The molecule has 0 spiro atoms. The average molecular weight is 391 g/mol. The molecule has 0 N–H and O–H groups in total. The minimum Gasteiger partial charge on any atom is -0.490 e. The summed E-state index contributed by atoms with van der Waals surface area (Å²) in [6.07, 6.45) is 1.31. The fraction of sp³-hybridized carbons (Fsp3) is 0.143. The molecule has 0 atom stereocenters. The van der Waals surface area contributed by atoms with Gasteiger partial charge in [0, 0.05) is 10.7 Å². The summed E-state index contributed by atoms with van der Waals surface area (Å²) >= 11 is 14.8. The molecule has 110 valence electrons. The van der Waals surface area contributed by atoms with E-state index in [1.807, 2.05) is 24.3 Å². The van der Waals surface area contributed by atoms with Crippen LogP contribution in [0.3, 0.4) is 0 Å². The highest BCUT2D eigenvalue weighted by Crippen LogP contribution is 2.20. The van der Waals surface area contributed by atoms with Gasteiger partial charge in [-0.2, -0.15) is 0 Å². The molecule has 2 rings (SSSR count). The molecule has 0 saturated carbocycles. The van der Waals surface area contributed by atoms with Crippen molar-refractivity contribution in [3.63, 3.8) is 0 Å². The third-order valence-electron chi connectivity index (χ3n) is 2.41. The van der Waals surface area contributed by atoms with Crippen molar-refractivity contribution in [3.05, 3.63) is 56.7 Å². The van der Waals surface area contributed by atoms with E-state index in [-0.39, 0.29) is 29.0 Å². The van der Waals surface area contributed by atoms with Crippen LogP contribution >= 0.6 is 39.1 Å². The predicted octanol–water partition coefficient (Wildman–Crippen LogP) is 4.39. The maximum atomic E-state index is 11.7. The largest absolute Gasteiger partial charge is 0.490 e. The Bertz CT molecular complexity index is 652. The number of carbonyl (C=O) groups is 1. The van der Waals surface area contributed by atoms with Crippen molar-refractivity contribution in [1.82, 2.24) is 4.98 Å². The van der Waals surface area contributed by atoms with Gasteiger partial charge in [-0.3, -0.25) is 0 Å². The third kappa shape index (κ3) is 4.88. The molecular weight excluding hydrogens is 381 g/mol. The van der Waals surface area contributed by atoms with Crippen molar-refractivity contribution in [2.45, 2.75) is 0 Å². The van der Waals surface area contributed by atoms with Crippen LogP contribution in [-0.4, -0.2) is 24.2 Å². The molecule has 0 fully saturated rings. The van der Waals surface area contributed by atoms with Crippen LogP contribution in [0.2, 0.25) is 10.2 Å². The fourth-order valence-electron chi connectivity index (χ4n) is 1.47. The van der Waals surface area contributed by atoms with Crippen LogP contribution in [0.15, 0.2) is 41.0 Å². The molecule has 0 bridgehead atoms. The van der Waals surface area contributed by atoms with Crippen LogP contribution in [0.5, 0.6) is 5.75 Å². The number of aromatic nitrogens is 1. The van der Waals surface area contributed by atoms with E-state index in [1.54, 1.807) is 0 Å². The highest BCUT2D eigenvalue weighted by atomic mass is 79.9. The summed E-state index contributed by atoms with van der Waals surface area (Å²) in [6.45, 7) is 0.364. The zero-order chi connectivity index (χ0) is 15.2. The molecule has 21 heavy (non-hydrogen) atoms. The first-order valence-electron chi connectivity index (χ1n) is 5.93. The number of nitrogens with zero attached hydrogens (tertiary/aromatic N) is 1. The van der Waals surface area contributed by atoms with Crippen molar-refractivity contribution >= 4 is 45.1 Å². The number of pyridine rings is 1.